The Hall–Kier alpha value is -0.990. The molecule has 0 aromatic heterocycles. The third-order valence-electron chi connectivity index (χ3n) is 3.63. The first-order valence-corrected chi connectivity index (χ1v) is 6.64. The van der Waals surface area contributed by atoms with Gasteiger partial charge in [0.15, 0.2) is 0 Å². The normalized spacial score (nSPS) is 18.4. The van der Waals surface area contributed by atoms with Gasteiger partial charge in [-0.15, -0.1) is 0 Å². The second-order valence-electron chi connectivity index (χ2n) is 5.18. The highest BCUT2D eigenvalue weighted by atomic mass is 19.4. The molecule has 0 unspecified atom stereocenters. The van der Waals surface area contributed by atoms with Crippen molar-refractivity contribution in [2.45, 2.75) is 31.6 Å². The summed E-state index contributed by atoms with van der Waals surface area (Å²) in [4.78, 5) is 12.3. The number of carbonyl (C=O) groups is 1. The minimum atomic E-state index is -5.61. The summed E-state index contributed by atoms with van der Waals surface area (Å²) in [7, 11) is 1.76. The average Bonchev–Trinajstić information content (AvgIpc) is 2.33. The van der Waals surface area contributed by atoms with E-state index in [1.807, 2.05) is 0 Å². The fourth-order valence-electron chi connectivity index (χ4n) is 2.44. The van der Waals surface area contributed by atoms with Crippen molar-refractivity contribution in [3.63, 3.8) is 0 Å². The monoisotopic (exact) mass is 320 g/mol. The Morgan fingerprint density at radius 3 is 2.00 bits per heavy atom. The molecule has 1 saturated heterocycles. The Morgan fingerprint density at radius 1 is 1.14 bits per heavy atom. The molecule has 0 saturated carbocycles. The van der Waals surface area contributed by atoms with Gasteiger partial charge in [0.25, 0.3) is 0 Å². The van der Waals surface area contributed by atoms with Crippen LogP contribution in [0.15, 0.2) is 0 Å². The molecule has 1 heterocycles. The van der Waals surface area contributed by atoms with E-state index in [0.29, 0.717) is 17.7 Å². The van der Waals surface area contributed by atoms with E-state index in [1.165, 1.54) is 0 Å². The first kappa shape index (κ1) is 18.1. The lowest BCUT2D eigenvalue weighted by Crippen LogP contribution is -2.51. The zero-order valence-corrected chi connectivity index (χ0v) is 11.5. The lowest BCUT2D eigenvalue weighted by molar-refractivity contribution is -0.277. The number of hydrogen-bond acceptors (Lipinski definition) is 2. The van der Waals surface area contributed by atoms with E-state index < -0.39 is 24.2 Å². The number of nitrogens with zero attached hydrogens (tertiary/aromatic N) is 1. The van der Waals surface area contributed by atoms with Gasteiger partial charge < -0.3 is 10.2 Å². The maximum atomic E-state index is 12.5. The van der Waals surface area contributed by atoms with Gasteiger partial charge >= 0.3 is 12.4 Å². The first-order chi connectivity index (χ1) is 9.57. The fraction of sp³-hybridized carbons (Fsp3) is 0.917. The van der Waals surface area contributed by atoms with Gasteiger partial charge in [0.05, 0.1) is 0 Å². The van der Waals surface area contributed by atoms with E-state index >= 15 is 0 Å². The highest BCUT2D eigenvalue weighted by molar-refractivity contribution is 5.80. The van der Waals surface area contributed by atoms with Crippen LogP contribution < -0.4 is 5.32 Å². The van der Waals surface area contributed by atoms with Crippen LogP contribution in [0.1, 0.15) is 19.3 Å². The molecule has 0 aliphatic carbocycles. The number of nitrogens with one attached hydrogen (secondary N) is 1. The van der Waals surface area contributed by atoms with Gasteiger partial charge in [0.2, 0.25) is 11.8 Å². The van der Waals surface area contributed by atoms with Crippen LogP contribution in [-0.4, -0.2) is 49.8 Å². The van der Waals surface area contributed by atoms with Crippen LogP contribution in [0.5, 0.6) is 0 Å². The van der Waals surface area contributed by atoms with Crippen LogP contribution in [0.3, 0.4) is 0 Å². The highest BCUT2D eigenvalue weighted by Crippen LogP contribution is 2.40. The number of likely N-dealkylation sites (tertiary alicyclic amines) is 1. The van der Waals surface area contributed by atoms with Crippen molar-refractivity contribution in [2.75, 3.05) is 26.7 Å². The third kappa shape index (κ3) is 5.05. The SMILES string of the molecule is CNCCC1CCN(C(=O)C(C(F)(F)F)C(F)(F)F)CC1. The maximum absolute atomic E-state index is 12.5. The molecule has 0 atom stereocenters. The molecule has 1 fully saturated rings. The summed E-state index contributed by atoms with van der Waals surface area (Å²) >= 11 is 0. The molecule has 0 spiro atoms. The quantitative estimate of drug-likeness (QED) is 0.808. The van der Waals surface area contributed by atoms with Crippen LogP contribution in [-0.2, 0) is 4.79 Å². The molecular weight excluding hydrogens is 302 g/mol. The summed E-state index contributed by atoms with van der Waals surface area (Å²) in [5, 5.41) is 2.93. The summed E-state index contributed by atoms with van der Waals surface area (Å²) in [5.74, 6) is -5.59. The lowest BCUT2D eigenvalue weighted by Gasteiger charge is -2.35. The number of halogens is 6. The molecular formula is C12H18F6N2O. The van der Waals surface area contributed by atoms with Crippen molar-refractivity contribution < 1.29 is 31.1 Å². The van der Waals surface area contributed by atoms with Crippen LogP contribution in [0, 0.1) is 11.8 Å². The zero-order chi connectivity index (χ0) is 16.3. The Labute approximate surface area is 118 Å². The second kappa shape index (κ2) is 6.85. The Balaban J connectivity index is 2.67. The van der Waals surface area contributed by atoms with Crippen LogP contribution >= 0.6 is 0 Å². The molecule has 0 bridgehead atoms. The van der Waals surface area contributed by atoms with E-state index in [4.69, 9.17) is 0 Å². The molecule has 124 valence electrons. The summed E-state index contributed by atoms with van der Waals surface area (Å²) in [6, 6.07) is 0. The predicted molar refractivity (Wildman–Crippen MR) is 63.4 cm³/mol. The smallest absolute Gasteiger partial charge is 0.342 e. The van der Waals surface area contributed by atoms with E-state index in [9.17, 15) is 31.1 Å². The molecule has 0 aromatic rings. The summed E-state index contributed by atoms with van der Waals surface area (Å²) < 4.78 is 74.9. The summed E-state index contributed by atoms with van der Waals surface area (Å²) in [6.07, 6.45) is -9.58. The maximum Gasteiger partial charge on any atom is 0.409 e. The van der Waals surface area contributed by atoms with Gasteiger partial charge in [0, 0.05) is 13.1 Å². The number of carbonyl (C=O) groups excluding carboxylic acids is 1. The van der Waals surface area contributed by atoms with Crippen molar-refractivity contribution >= 4 is 5.91 Å². The minimum Gasteiger partial charge on any atom is -0.342 e. The van der Waals surface area contributed by atoms with Gasteiger partial charge in [-0.05, 0) is 38.8 Å². The van der Waals surface area contributed by atoms with Crippen LogP contribution in [0.4, 0.5) is 26.3 Å². The van der Waals surface area contributed by atoms with Crippen molar-refractivity contribution in [2.24, 2.45) is 11.8 Å². The van der Waals surface area contributed by atoms with Crippen LogP contribution in [0.25, 0.3) is 0 Å². The Bertz CT molecular complexity index is 333. The van der Waals surface area contributed by atoms with Gasteiger partial charge in [-0.3, -0.25) is 4.79 Å². The Morgan fingerprint density at radius 2 is 1.62 bits per heavy atom. The molecule has 9 heteroatoms. The zero-order valence-electron chi connectivity index (χ0n) is 11.5. The minimum absolute atomic E-state index is 0.0596. The second-order valence-corrected chi connectivity index (χ2v) is 5.18. The molecule has 1 aliphatic heterocycles. The number of rotatable bonds is 4. The van der Waals surface area contributed by atoms with Gasteiger partial charge in [-0.2, -0.15) is 26.3 Å². The fourth-order valence-corrected chi connectivity index (χ4v) is 2.44. The van der Waals surface area contributed by atoms with E-state index in [-0.39, 0.29) is 19.0 Å². The van der Waals surface area contributed by atoms with Gasteiger partial charge in [-0.1, -0.05) is 0 Å². The predicted octanol–water partition coefficient (Wildman–Crippen LogP) is 2.58. The number of amides is 1. The molecule has 0 radical (unpaired) electrons. The van der Waals surface area contributed by atoms with Crippen molar-refractivity contribution in [1.82, 2.24) is 10.2 Å². The first-order valence-electron chi connectivity index (χ1n) is 6.64. The summed E-state index contributed by atoms with van der Waals surface area (Å²) in [5.41, 5.74) is 0. The van der Waals surface area contributed by atoms with Gasteiger partial charge in [-0.25, -0.2) is 0 Å². The molecule has 21 heavy (non-hydrogen) atoms. The standard InChI is InChI=1S/C12H18F6N2O/c1-19-5-2-8-3-6-20(7-4-8)10(21)9(11(13,14)15)12(16,17)18/h8-9,19H,2-7H2,1H3. The number of hydrogen-bond donors (Lipinski definition) is 1. The third-order valence-corrected chi connectivity index (χ3v) is 3.63. The van der Waals surface area contributed by atoms with E-state index in [1.54, 1.807) is 7.05 Å². The van der Waals surface area contributed by atoms with Crippen LogP contribution in [0.2, 0.25) is 0 Å². The average molecular weight is 320 g/mol. The topological polar surface area (TPSA) is 32.3 Å². The largest absolute Gasteiger partial charge is 0.409 e. The van der Waals surface area contributed by atoms with Crippen molar-refractivity contribution in [3.05, 3.63) is 0 Å². The number of piperidine rings is 1. The summed E-state index contributed by atoms with van der Waals surface area (Å²) in [6.45, 7) is 0.609. The van der Waals surface area contributed by atoms with Gasteiger partial charge in [0.1, 0.15) is 0 Å². The van der Waals surface area contributed by atoms with E-state index in [2.05, 4.69) is 5.32 Å². The molecule has 1 amide bonds. The Kier molecular flexibility index (Phi) is 5.89. The molecule has 3 nitrogen and oxygen atoms in total. The molecule has 1 N–H and O–H groups in total. The van der Waals surface area contributed by atoms with Crippen molar-refractivity contribution in [1.29, 1.82) is 0 Å². The van der Waals surface area contributed by atoms with Crippen molar-refractivity contribution in [3.8, 4) is 0 Å². The van der Waals surface area contributed by atoms with E-state index in [0.717, 1.165) is 13.0 Å². The highest BCUT2D eigenvalue weighted by Gasteiger charge is 2.62. The lowest BCUT2D eigenvalue weighted by atomic mass is 9.92. The molecule has 1 aliphatic rings. The molecule has 0 aromatic carbocycles. The number of alkyl halides is 6. The molecule has 1 rings (SSSR count).